The van der Waals surface area contributed by atoms with Crippen molar-refractivity contribution in [3.05, 3.63) is 101 Å². The molecule has 1 heterocycles. The number of nitrogens with zero attached hydrogens (tertiary/aromatic N) is 1. The molecule has 0 amide bonds. The van der Waals surface area contributed by atoms with Crippen LogP contribution < -0.4 is 15.2 Å². The van der Waals surface area contributed by atoms with Crippen LogP contribution in [0.4, 0.5) is 17.6 Å². The zero-order valence-corrected chi connectivity index (χ0v) is 25.4. The number of alkyl halides is 3. The number of ether oxygens (including phenoxy) is 2. The topological polar surface area (TPSA) is 85.0 Å². The fraction of sp³-hybridized carbons (Fsp3) is 0.286. The van der Waals surface area contributed by atoms with Crippen LogP contribution >= 0.6 is 0 Å². The molecule has 0 fully saturated rings. The molecule has 45 heavy (non-hydrogen) atoms. The molecule has 4 aromatic carbocycles. The molecule has 0 saturated carbocycles. The van der Waals surface area contributed by atoms with Crippen LogP contribution in [0.3, 0.4) is 0 Å². The van der Waals surface area contributed by atoms with E-state index >= 15 is 0 Å². The van der Waals surface area contributed by atoms with E-state index in [9.17, 15) is 22.4 Å². The largest absolute Gasteiger partial charge is 0.496 e. The maximum atomic E-state index is 13.1. The van der Waals surface area contributed by atoms with Crippen LogP contribution in [0.5, 0.6) is 11.5 Å². The minimum absolute atomic E-state index is 0.0177. The van der Waals surface area contributed by atoms with Crippen molar-refractivity contribution in [2.75, 3.05) is 27.3 Å². The normalized spacial score (nSPS) is 13.0. The van der Waals surface area contributed by atoms with Gasteiger partial charge in [0, 0.05) is 36.3 Å². The van der Waals surface area contributed by atoms with Crippen molar-refractivity contribution in [2.45, 2.75) is 38.9 Å². The standard InChI is InChI=1S/C26H26F3NO4.C9H10FN/c1-33-22-13-17-11-12-30(15-26(27,28)29)14-21(17)25(34-2)24(22)20-8-4-6-18-16(9-10-23(31)32)5-3-7-19(18)20;1-6-4-3-5-8(10)9(6)7(2)11/h3-8,13H,9-12,14-15H2,1-2H3,(H,31,32);3-5H,2,11H2,1H3. The number of carboxylic acid groups (broad SMARTS) is 1. The zero-order valence-electron chi connectivity index (χ0n) is 25.4. The summed E-state index contributed by atoms with van der Waals surface area (Å²) in [5, 5.41) is 10.9. The lowest BCUT2D eigenvalue weighted by Gasteiger charge is -2.32. The van der Waals surface area contributed by atoms with Crippen molar-refractivity contribution in [1.29, 1.82) is 0 Å². The molecular weight excluding hydrogens is 588 g/mol. The molecule has 0 radical (unpaired) electrons. The molecule has 0 atom stereocenters. The van der Waals surface area contributed by atoms with Crippen LogP contribution in [0.25, 0.3) is 27.6 Å². The number of hydrogen-bond donors (Lipinski definition) is 2. The Bertz CT molecular complexity index is 1700. The minimum Gasteiger partial charge on any atom is -0.496 e. The summed E-state index contributed by atoms with van der Waals surface area (Å²) in [6, 6.07) is 18.2. The fourth-order valence-corrected chi connectivity index (χ4v) is 5.82. The third-order valence-electron chi connectivity index (χ3n) is 7.78. The van der Waals surface area contributed by atoms with E-state index < -0.39 is 18.7 Å². The van der Waals surface area contributed by atoms with Crippen LogP contribution in [0, 0.1) is 12.7 Å². The van der Waals surface area contributed by atoms with Gasteiger partial charge in [-0.2, -0.15) is 13.2 Å². The Labute approximate surface area is 259 Å². The highest BCUT2D eigenvalue weighted by Crippen LogP contribution is 2.47. The fourth-order valence-electron chi connectivity index (χ4n) is 5.82. The van der Waals surface area contributed by atoms with Gasteiger partial charge in [-0.15, -0.1) is 0 Å². The Morgan fingerprint density at radius 2 is 1.73 bits per heavy atom. The first-order chi connectivity index (χ1) is 21.3. The molecule has 10 heteroatoms. The van der Waals surface area contributed by atoms with Crippen molar-refractivity contribution >= 4 is 22.4 Å². The van der Waals surface area contributed by atoms with Crippen molar-refractivity contribution in [3.63, 3.8) is 0 Å². The van der Waals surface area contributed by atoms with Crippen molar-refractivity contribution in [2.24, 2.45) is 5.73 Å². The van der Waals surface area contributed by atoms with Gasteiger partial charge >= 0.3 is 12.1 Å². The number of fused-ring (bicyclic) bond motifs is 2. The third kappa shape index (κ3) is 7.75. The number of benzene rings is 4. The van der Waals surface area contributed by atoms with Gasteiger partial charge in [0.05, 0.1) is 26.3 Å². The van der Waals surface area contributed by atoms with E-state index in [4.69, 9.17) is 20.3 Å². The molecule has 4 aromatic rings. The molecule has 6 nitrogen and oxygen atoms in total. The summed E-state index contributed by atoms with van der Waals surface area (Å²) in [4.78, 5) is 12.5. The Kier molecular flexibility index (Phi) is 10.4. The number of halogens is 4. The molecule has 0 saturated heterocycles. The average Bonchev–Trinajstić information content (AvgIpc) is 2.98. The Hall–Kier alpha value is -4.57. The summed E-state index contributed by atoms with van der Waals surface area (Å²) < 4.78 is 63.7. The van der Waals surface area contributed by atoms with Gasteiger partial charge in [0.15, 0.2) is 0 Å². The maximum absolute atomic E-state index is 13.1. The van der Waals surface area contributed by atoms with Crippen LogP contribution in [0.2, 0.25) is 0 Å². The lowest BCUT2D eigenvalue weighted by atomic mass is 9.89. The van der Waals surface area contributed by atoms with Gasteiger partial charge in [-0.05, 0) is 64.9 Å². The monoisotopic (exact) mass is 624 g/mol. The summed E-state index contributed by atoms with van der Waals surface area (Å²) in [6.07, 6.45) is -3.40. The van der Waals surface area contributed by atoms with Crippen LogP contribution in [0.1, 0.15) is 34.2 Å². The lowest BCUT2D eigenvalue weighted by molar-refractivity contribution is -0.147. The molecule has 3 N–H and O–H groups in total. The van der Waals surface area contributed by atoms with Crippen LogP contribution in [-0.2, 0) is 24.2 Å². The first kappa shape index (κ1) is 33.3. The zero-order chi connectivity index (χ0) is 32.9. The Morgan fingerprint density at radius 3 is 2.33 bits per heavy atom. The predicted octanol–water partition coefficient (Wildman–Crippen LogP) is 7.53. The number of rotatable bonds is 8. The Balaban J connectivity index is 0.000000354. The van der Waals surface area contributed by atoms with Crippen LogP contribution in [0.15, 0.2) is 67.2 Å². The summed E-state index contributed by atoms with van der Waals surface area (Å²) in [5.41, 5.74) is 11.0. The highest BCUT2D eigenvalue weighted by atomic mass is 19.4. The molecule has 1 aliphatic heterocycles. The summed E-state index contributed by atoms with van der Waals surface area (Å²) in [7, 11) is 3.08. The highest BCUT2D eigenvalue weighted by Gasteiger charge is 2.34. The number of aliphatic carboxylic acids is 1. The summed E-state index contributed by atoms with van der Waals surface area (Å²) >= 11 is 0. The van der Waals surface area contributed by atoms with Gasteiger partial charge < -0.3 is 20.3 Å². The van der Waals surface area contributed by atoms with Gasteiger partial charge in [-0.25, -0.2) is 4.39 Å². The van der Waals surface area contributed by atoms with E-state index in [2.05, 4.69) is 6.58 Å². The van der Waals surface area contributed by atoms with Crippen LogP contribution in [-0.4, -0.2) is 49.5 Å². The third-order valence-corrected chi connectivity index (χ3v) is 7.78. The van der Waals surface area contributed by atoms with E-state index in [1.807, 2.05) is 42.5 Å². The van der Waals surface area contributed by atoms with Crippen molar-refractivity contribution in [3.8, 4) is 22.6 Å². The van der Waals surface area contributed by atoms with E-state index in [0.717, 1.165) is 38.6 Å². The first-order valence-electron chi connectivity index (χ1n) is 14.3. The highest BCUT2D eigenvalue weighted by molar-refractivity contribution is 6.01. The van der Waals surface area contributed by atoms with Crippen molar-refractivity contribution < 1.29 is 36.9 Å². The number of methoxy groups -OCH3 is 2. The molecule has 0 aromatic heterocycles. The molecule has 238 valence electrons. The van der Waals surface area contributed by atoms with Gasteiger partial charge in [-0.1, -0.05) is 55.1 Å². The maximum Gasteiger partial charge on any atom is 0.401 e. The van der Waals surface area contributed by atoms with Gasteiger partial charge in [0.1, 0.15) is 17.3 Å². The predicted molar refractivity (Wildman–Crippen MR) is 168 cm³/mol. The molecule has 1 aliphatic rings. The van der Waals surface area contributed by atoms with E-state index in [1.54, 1.807) is 26.2 Å². The minimum atomic E-state index is -4.28. The molecular formula is C35H36F4N2O4. The van der Waals surface area contributed by atoms with E-state index in [-0.39, 0.29) is 24.5 Å². The first-order valence-corrected chi connectivity index (χ1v) is 14.3. The molecule has 0 unspecified atom stereocenters. The average molecular weight is 625 g/mol. The lowest BCUT2D eigenvalue weighted by Crippen LogP contribution is -2.38. The Morgan fingerprint density at radius 1 is 1.04 bits per heavy atom. The van der Waals surface area contributed by atoms with E-state index in [1.165, 1.54) is 18.1 Å². The number of nitrogens with two attached hydrogens (primary N) is 1. The molecule has 5 rings (SSSR count). The smallest absolute Gasteiger partial charge is 0.401 e. The van der Waals surface area contributed by atoms with Gasteiger partial charge in [0.25, 0.3) is 0 Å². The second-order valence-corrected chi connectivity index (χ2v) is 10.9. The number of hydrogen-bond acceptors (Lipinski definition) is 5. The van der Waals surface area contributed by atoms with Gasteiger partial charge in [-0.3, -0.25) is 9.69 Å². The van der Waals surface area contributed by atoms with E-state index in [0.29, 0.717) is 42.0 Å². The molecule has 0 aliphatic carbocycles. The molecule has 0 spiro atoms. The number of aryl methyl sites for hydroxylation is 2. The van der Waals surface area contributed by atoms with Gasteiger partial charge in [0.2, 0.25) is 0 Å². The molecule has 0 bridgehead atoms. The summed E-state index contributed by atoms with van der Waals surface area (Å²) in [6.45, 7) is 4.75. The number of carbonyl (C=O) groups is 1. The number of carboxylic acids is 1. The summed E-state index contributed by atoms with van der Waals surface area (Å²) in [5.74, 6) is -0.0833. The second kappa shape index (κ2) is 14.0. The second-order valence-electron chi connectivity index (χ2n) is 10.9. The quantitative estimate of drug-likeness (QED) is 0.197. The van der Waals surface area contributed by atoms with Crippen molar-refractivity contribution in [1.82, 2.24) is 4.90 Å². The SMILES string of the molecule is C=C(N)c1c(C)cccc1F.COc1cc2c(c(OC)c1-c1cccc3c(CCC(=O)O)cccc13)CN(CC(F)(F)F)CC2.